The molecule has 0 atom stereocenters. The number of hydrogen-bond acceptors (Lipinski definition) is 4. The van der Waals surface area contributed by atoms with E-state index in [0.29, 0.717) is 36.1 Å². The molecule has 0 aliphatic carbocycles. The van der Waals surface area contributed by atoms with Gasteiger partial charge in [0.15, 0.2) is 0 Å². The number of halogens is 1. The SMILES string of the molecule is COc1ccc(Cl)cc1N1CCN(S(=O)(=O)c2ccc(C)cc2C)CC1. The largest absolute Gasteiger partial charge is 0.495 e. The first kappa shape index (κ1) is 19.0. The van der Waals surface area contributed by atoms with Gasteiger partial charge in [-0.3, -0.25) is 0 Å². The second-order valence-electron chi connectivity index (χ2n) is 6.48. The molecule has 0 aromatic heterocycles. The number of piperazine rings is 1. The maximum absolute atomic E-state index is 13.0. The Morgan fingerprint density at radius 1 is 1.00 bits per heavy atom. The number of hydrogen-bond donors (Lipinski definition) is 0. The Hall–Kier alpha value is -1.76. The van der Waals surface area contributed by atoms with E-state index < -0.39 is 10.0 Å². The predicted molar refractivity (Wildman–Crippen MR) is 105 cm³/mol. The highest BCUT2D eigenvalue weighted by atomic mass is 35.5. The summed E-state index contributed by atoms with van der Waals surface area (Å²) < 4.78 is 33.0. The van der Waals surface area contributed by atoms with Crippen molar-refractivity contribution in [3.05, 3.63) is 52.5 Å². The number of methoxy groups -OCH3 is 1. The van der Waals surface area contributed by atoms with Crippen LogP contribution in [0.1, 0.15) is 11.1 Å². The number of nitrogens with zero attached hydrogens (tertiary/aromatic N) is 2. The zero-order chi connectivity index (χ0) is 18.9. The summed E-state index contributed by atoms with van der Waals surface area (Å²) in [6.07, 6.45) is 0. The average Bonchev–Trinajstić information content (AvgIpc) is 2.61. The van der Waals surface area contributed by atoms with Gasteiger partial charge in [0.2, 0.25) is 10.0 Å². The third-order valence-electron chi connectivity index (χ3n) is 4.67. The molecule has 1 saturated heterocycles. The van der Waals surface area contributed by atoms with Gasteiger partial charge in [0.05, 0.1) is 17.7 Å². The Morgan fingerprint density at radius 2 is 1.69 bits per heavy atom. The fourth-order valence-electron chi connectivity index (χ4n) is 3.31. The van der Waals surface area contributed by atoms with E-state index in [1.807, 2.05) is 38.1 Å². The molecule has 0 bridgehead atoms. The van der Waals surface area contributed by atoms with Crippen molar-refractivity contribution in [3.63, 3.8) is 0 Å². The molecule has 0 amide bonds. The van der Waals surface area contributed by atoms with Crippen LogP contribution in [0.5, 0.6) is 5.75 Å². The first-order valence-corrected chi connectivity index (χ1v) is 10.3. The Labute approximate surface area is 160 Å². The zero-order valence-electron chi connectivity index (χ0n) is 15.2. The lowest BCUT2D eigenvalue weighted by Gasteiger charge is -2.36. The summed E-state index contributed by atoms with van der Waals surface area (Å²) in [5, 5.41) is 0.631. The van der Waals surface area contributed by atoms with Gasteiger partial charge in [-0.2, -0.15) is 4.31 Å². The van der Waals surface area contributed by atoms with Gasteiger partial charge in [-0.25, -0.2) is 8.42 Å². The average molecular weight is 395 g/mol. The van der Waals surface area contributed by atoms with E-state index >= 15 is 0 Å². The molecule has 2 aromatic rings. The summed E-state index contributed by atoms with van der Waals surface area (Å²) in [5.41, 5.74) is 2.73. The molecule has 0 spiro atoms. The summed E-state index contributed by atoms with van der Waals surface area (Å²) in [4.78, 5) is 2.50. The van der Waals surface area contributed by atoms with Crippen molar-refractivity contribution in [2.75, 3.05) is 38.2 Å². The Morgan fingerprint density at radius 3 is 2.31 bits per heavy atom. The lowest BCUT2D eigenvalue weighted by atomic mass is 10.2. The quantitative estimate of drug-likeness (QED) is 0.796. The van der Waals surface area contributed by atoms with Crippen molar-refractivity contribution in [2.24, 2.45) is 0 Å². The van der Waals surface area contributed by atoms with Crippen LogP contribution in [0.15, 0.2) is 41.3 Å². The van der Waals surface area contributed by atoms with Gasteiger partial charge in [0.25, 0.3) is 0 Å². The summed E-state index contributed by atoms with van der Waals surface area (Å²) in [6.45, 7) is 5.81. The molecule has 0 N–H and O–H groups in total. The van der Waals surface area contributed by atoms with Crippen LogP contribution < -0.4 is 9.64 Å². The number of anilines is 1. The van der Waals surface area contributed by atoms with Crippen LogP contribution in [-0.2, 0) is 10.0 Å². The van der Waals surface area contributed by atoms with Gasteiger partial charge in [-0.05, 0) is 43.7 Å². The molecule has 5 nitrogen and oxygen atoms in total. The molecular formula is C19H23ClN2O3S. The maximum atomic E-state index is 13.0. The third-order valence-corrected chi connectivity index (χ3v) is 6.96. The van der Waals surface area contributed by atoms with Gasteiger partial charge in [0.1, 0.15) is 5.75 Å². The van der Waals surface area contributed by atoms with Gasteiger partial charge in [0, 0.05) is 31.2 Å². The van der Waals surface area contributed by atoms with Crippen molar-refractivity contribution in [1.29, 1.82) is 0 Å². The maximum Gasteiger partial charge on any atom is 0.243 e. The zero-order valence-corrected chi connectivity index (χ0v) is 16.8. The standard InChI is InChI=1S/C19H23ClN2O3S/c1-14-4-7-19(15(2)12-14)26(23,24)22-10-8-21(9-11-22)17-13-16(20)5-6-18(17)25-3/h4-7,12-13H,8-11H2,1-3H3. The molecule has 1 heterocycles. The number of benzene rings is 2. The molecule has 2 aromatic carbocycles. The summed E-state index contributed by atoms with van der Waals surface area (Å²) in [6, 6.07) is 10.9. The van der Waals surface area contributed by atoms with Crippen molar-refractivity contribution in [2.45, 2.75) is 18.7 Å². The summed E-state index contributed by atoms with van der Waals surface area (Å²) >= 11 is 6.12. The minimum Gasteiger partial charge on any atom is -0.495 e. The third kappa shape index (κ3) is 3.68. The molecule has 7 heteroatoms. The van der Waals surface area contributed by atoms with Gasteiger partial charge >= 0.3 is 0 Å². The Bertz CT molecular complexity index is 907. The molecule has 1 fully saturated rings. The van der Waals surface area contributed by atoms with E-state index in [-0.39, 0.29) is 0 Å². The number of aryl methyl sites for hydroxylation is 2. The first-order chi connectivity index (χ1) is 12.3. The highest BCUT2D eigenvalue weighted by Crippen LogP contribution is 2.32. The van der Waals surface area contributed by atoms with E-state index in [2.05, 4.69) is 4.90 Å². The van der Waals surface area contributed by atoms with E-state index in [9.17, 15) is 8.42 Å². The summed E-state index contributed by atoms with van der Waals surface area (Å²) in [7, 11) is -1.87. The summed E-state index contributed by atoms with van der Waals surface area (Å²) in [5.74, 6) is 0.736. The van der Waals surface area contributed by atoms with E-state index in [1.165, 1.54) is 0 Å². The monoisotopic (exact) mass is 394 g/mol. The van der Waals surface area contributed by atoms with Crippen LogP contribution in [0.25, 0.3) is 0 Å². The van der Waals surface area contributed by atoms with Crippen LogP contribution >= 0.6 is 11.6 Å². The molecule has 3 rings (SSSR count). The molecule has 0 unspecified atom stereocenters. The minimum atomic E-state index is -3.49. The van der Waals surface area contributed by atoms with Crippen molar-refractivity contribution in [1.82, 2.24) is 4.31 Å². The minimum absolute atomic E-state index is 0.386. The number of sulfonamides is 1. The van der Waals surface area contributed by atoms with Crippen molar-refractivity contribution >= 4 is 27.3 Å². The molecule has 0 radical (unpaired) electrons. The fraction of sp³-hybridized carbons (Fsp3) is 0.368. The number of rotatable bonds is 4. The Kier molecular flexibility index (Phi) is 5.46. The highest BCUT2D eigenvalue weighted by Gasteiger charge is 2.30. The topological polar surface area (TPSA) is 49.9 Å². The van der Waals surface area contributed by atoms with Crippen LogP contribution in [0, 0.1) is 13.8 Å². The van der Waals surface area contributed by atoms with Crippen LogP contribution in [-0.4, -0.2) is 46.0 Å². The van der Waals surface area contributed by atoms with Crippen molar-refractivity contribution < 1.29 is 13.2 Å². The second-order valence-corrected chi connectivity index (χ2v) is 8.82. The smallest absolute Gasteiger partial charge is 0.243 e. The van der Waals surface area contributed by atoms with Crippen LogP contribution in [0.2, 0.25) is 5.02 Å². The molecule has 140 valence electrons. The van der Waals surface area contributed by atoms with E-state index in [4.69, 9.17) is 16.3 Å². The molecular weight excluding hydrogens is 372 g/mol. The molecule has 1 aliphatic rings. The lowest BCUT2D eigenvalue weighted by molar-refractivity contribution is 0.378. The fourth-order valence-corrected chi connectivity index (χ4v) is 5.10. The second kappa shape index (κ2) is 7.47. The lowest BCUT2D eigenvalue weighted by Crippen LogP contribution is -2.48. The highest BCUT2D eigenvalue weighted by molar-refractivity contribution is 7.89. The van der Waals surface area contributed by atoms with E-state index in [1.54, 1.807) is 23.5 Å². The Balaban J connectivity index is 1.79. The molecule has 1 aliphatic heterocycles. The van der Waals surface area contributed by atoms with Gasteiger partial charge in [-0.1, -0.05) is 29.3 Å². The normalized spacial score (nSPS) is 15.9. The molecule has 0 saturated carbocycles. The van der Waals surface area contributed by atoms with Crippen molar-refractivity contribution in [3.8, 4) is 5.75 Å². The van der Waals surface area contributed by atoms with Crippen LogP contribution in [0.4, 0.5) is 5.69 Å². The predicted octanol–water partition coefficient (Wildman–Crippen LogP) is 3.48. The number of ether oxygens (including phenoxy) is 1. The van der Waals surface area contributed by atoms with Gasteiger partial charge in [-0.15, -0.1) is 0 Å². The van der Waals surface area contributed by atoms with Crippen LogP contribution in [0.3, 0.4) is 0 Å². The van der Waals surface area contributed by atoms with Gasteiger partial charge < -0.3 is 9.64 Å². The first-order valence-electron chi connectivity index (χ1n) is 8.49. The molecule has 26 heavy (non-hydrogen) atoms. The van der Waals surface area contributed by atoms with E-state index in [0.717, 1.165) is 22.6 Å².